The Bertz CT molecular complexity index is 190. The summed E-state index contributed by atoms with van der Waals surface area (Å²) < 4.78 is -0.0949. The zero-order valence-corrected chi connectivity index (χ0v) is 10.1. The van der Waals surface area contributed by atoms with E-state index in [1.807, 2.05) is 28.9 Å². The molecule has 1 rings (SSSR count). The van der Waals surface area contributed by atoms with Crippen molar-refractivity contribution in [1.82, 2.24) is 5.48 Å². The molecule has 0 aromatic carbocycles. The number of primary amides is 1. The molecule has 1 aliphatic heterocycles. The second kappa shape index (κ2) is 8.03. The van der Waals surface area contributed by atoms with Gasteiger partial charge < -0.3 is 10.7 Å². The van der Waals surface area contributed by atoms with Crippen molar-refractivity contribution in [3.05, 3.63) is 27.2 Å². The third-order valence-electron chi connectivity index (χ3n) is 1.43. The summed E-state index contributed by atoms with van der Waals surface area (Å²) in [4.78, 5) is 14.3. The predicted molar refractivity (Wildman–Crippen MR) is 56.7 cm³/mol. The molecule has 1 amide bonds. The molecule has 5 heteroatoms. The SMILES string of the molecule is CCCN[O-].N[C](=O)[GeH]1[CH]=CC=[CH]1. The molecule has 0 fully saturated rings. The summed E-state index contributed by atoms with van der Waals surface area (Å²) in [5.74, 6) is 0. The van der Waals surface area contributed by atoms with Crippen LogP contribution in [0.15, 0.2) is 22.0 Å². The standard InChI is InChI=1S/C5H7GeNO.C3H8NO/c7-5(8)6-3-1-2-4-6;1-2-3-4-5/h1-4,6H,(H2,7,8);4H,2-3H2,1H3/q;-1. The maximum atomic E-state index is 10.4. The number of hydroxylamine groups is 1. The topological polar surface area (TPSA) is 78.2 Å². The van der Waals surface area contributed by atoms with Crippen LogP contribution in [0.4, 0.5) is 4.79 Å². The molecule has 4 nitrogen and oxygen atoms in total. The first kappa shape index (κ1) is 12.4. The first-order valence-electron chi connectivity index (χ1n) is 4.21. The van der Waals surface area contributed by atoms with Crippen molar-refractivity contribution in [2.45, 2.75) is 13.3 Å². The predicted octanol–water partition coefficient (Wildman–Crippen LogP) is 0.562. The van der Waals surface area contributed by atoms with Crippen LogP contribution in [0.3, 0.4) is 0 Å². The molecule has 0 spiro atoms. The van der Waals surface area contributed by atoms with Gasteiger partial charge in [0.05, 0.1) is 0 Å². The Labute approximate surface area is 82.6 Å². The van der Waals surface area contributed by atoms with E-state index in [0.29, 0.717) is 6.54 Å². The number of carbonyl (C=O) groups is 1. The van der Waals surface area contributed by atoms with Crippen LogP contribution < -0.4 is 11.2 Å². The second-order valence-electron chi connectivity index (χ2n) is 2.59. The first-order valence-corrected chi connectivity index (χ1v) is 8.22. The minimum atomic E-state index is -1.80. The van der Waals surface area contributed by atoms with Gasteiger partial charge in [-0.2, -0.15) is 0 Å². The molecule has 3 N–H and O–H groups in total. The van der Waals surface area contributed by atoms with Gasteiger partial charge in [0.15, 0.2) is 0 Å². The molecule has 0 aromatic rings. The maximum absolute atomic E-state index is 10.4. The quantitative estimate of drug-likeness (QED) is 0.562. The van der Waals surface area contributed by atoms with Crippen molar-refractivity contribution in [3.63, 3.8) is 0 Å². The average molecular weight is 244 g/mol. The van der Waals surface area contributed by atoms with Crippen molar-refractivity contribution < 1.29 is 4.79 Å². The third-order valence-corrected chi connectivity index (χ3v) is 5.48. The molecular weight excluding hydrogens is 229 g/mol. The van der Waals surface area contributed by atoms with Crippen LogP contribution in [0.1, 0.15) is 13.3 Å². The number of nitrogens with two attached hydrogens (primary N) is 1. The van der Waals surface area contributed by atoms with Crippen LogP contribution in [0.5, 0.6) is 0 Å². The summed E-state index contributed by atoms with van der Waals surface area (Å²) in [7, 11) is 0. The van der Waals surface area contributed by atoms with E-state index < -0.39 is 14.3 Å². The molecule has 0 unspecified atom stereocenters. The Balaban J connectivity index is 0.000000252. The van der Waals surface area contributed by atoms with Crippen LogP contribution in [0.25, 0.3) is 0 Å². The van der Waals surface area contributed by atoms with Gasteiger partial charge in [0, 0.05) is 0 Å². The number of rotatable bonds is 3. The summed E-state index contributed by atoms with van der Waals surface area (Å²) in [6.45, 7) is 2.53. The molecule has 1 heterocycles. The van der Waals surface area contributed by atoms with Crippen molar-refractivity contribution in [1.29, 1.82) is 0 Å². The Hall–Kier alpha value is -0.587. The summed E-state index contributed by atoms with van der Waals surface area (Å²) in [6, 6.07) is 0. The summed E-state index contributed by atoms with van der Waals surface area (Å²) in [5.41, 5.74) is 6.81. The van der Waals surface area contributed by atoms with Crippen LogP contribution in [-0.4, -0.2) is 25.6 Å². The Morgan fingerprint density at radius 1 is 1.54 bits per heavy atom. The van der Waals surface area contributed by atoms with Crippen LogP contribution >= 0.6 is 0 Å². The van der Waals surface area contributed by atoms with Crippen LogP contribution in [0.2, 0.25) is 0 Å². The number of nitrogens with one attached hydrogen (secondary N) is 1. The van der Waals surface area contributed by atoms with Gasteiger partial charge in [0.2, 0.25) is 0 Å². The van der Waals surface area contributed by atoms with E-state index in [1.54, 1.807) is 5.48 Å². The summed E-state index contributed by atoms with van der Waals surface area (Å²) in [5, 5.41) is 9.28. The molecule has 0 radical (unpaired) electrons. The molecule has 0 saturated heterocycles. The van der Waals surface area contributed by atoms with Gasteiger partial charge in [-0.25, -0.2) is 0 Å². The van der Waals surface area contributed by atoms with E-state index in [2.05, 4.69) is 0 Å². The van der Waals surface area contributed by atoms with Crippen molar-refractivity contribution in [2.24, 2.45) is 5.73 Å². The molecule has 0 bridgehead atoms. The number of amides is 1. The van der Waals surface area contributed by atoms with E-state index in [4.69, 9.17) is 5.73 Å². The fraction of sp³-hybridized carbons (Fsp3) is 0.375. The number of allylic oxidation sites excluding steroid dienone is 2. The van der Waals surface area contributed by atoms with Gasteiger partial charge in [0.1, 0.15) is 0 Å². The number of hydrogen-bond acceptors (Lipinski definition) is 3. The fourth-order valence-electron chi connectivity index (χ4n) is 0.724. The van der Waals surface area contributed by atoms with Crippen LogP contribution in [-0.2, 0) is 0 Å². The van der Waals surface area contributed by atoms with Gasteiger partial charge >= 0.3 is 51.6 Å². The van der Waals surface area contributed by atoms with Gasteiger partial charge in [-0.15, -0.1) is 0 Å². The Morgan fingerprint density at radius 2 is 2.08 bits per heavy atom. The van der Waals surface area contributed by atoms with E-state index in [0.717, 1.165) is 6.42 Å². The fourth-order valence-corrected chi connectivity index (χ4v) is 3.33. The van der Waals surface area contributed by atoms with E-state index >= 15 is 0 Å². The van der Waals surface area contributed by atoms with Gasteiger partial charge in [0.25, 0.3) is 0 Å². The second-order valence-corrected chi connectivity index (χ2v) is 7.61. The molecule has 0 atom stereocenters. The Kier molecular flexibility index (Phi) is 7.67. The van der Waals surface area contributed by atoms with Crippen molar-refractivity contribution in [3.8, 4) is 0 Å². The van der Waals surface area contributed by atoms with Gasteiger partial charge in [-0.05, 0) is 13.0 Å². The normalized spacial score (nSPS) is 14.0. The monoisotopic (exact) mass is 245 g/mol. The molecule has 0 aliphatic carbocycles. The minimum absolute atomic E-state index is 0.0949. The third kappa shape index (κ3) is 6.56. The van der Waals surface area contributed by atoms with Crippen molar-refractivity contribution in [2.75, 3.05) is 6.54 Å². The zero-order chi connectivity index (χ0) is 10.1. The van der Waals surface area contributed by atoms with Crippen LogP contribution in [0, 0.1) is 5.21 Å². The van der Waals surface area contributed by atoms with Gasteiger partial charge in [-0.3, -0.25) is 0 Å². The summed E-state index contributed by atoms with van der Waals surface area (Å²) >= 11 is -1.80. The average Bonchev–Trinajstić information content (AvgIpc) is 2.58. The van der Waals surface area contributed by atoms with E-state index in [9.17, 15) is 10.0 Å². The molecule has 13 heavy (non-hydrogen) atoms. The van der Waals surface area contributed by atoms with E-state index in [1.165, 1.54) is 0 Å². The zero-order valence-electron chi connectivity index (χ0n) is 7.69. The first-order chi connectivity index (χ1) is 6.22. The number of carbonyl (C=O) groups excluding carboxylic acids is 1. The molecule has 0 saturated carbocycles. The molecule has 0 aromatic heterocycles. The Morgan fingerprint density at radius 3 is 2.23 bits per heavy atom. The molecule has 74 valence electrons. The number of hydrogen-bond donors (Lipinski definition) is 2. The molecule has 1 aliphatic rings. The van der Waals surface area contributed by atoms with E-state index in [-0.39, 0.29) is 4.74 Å². The molecular formula is C8H15GeN2O2-. The van der Waals surface area contributed by atoms with Crippen molar-refractivity contribution >= 4 is 19.1 Å². The van der Waals surface area contributed by atoms with Gasteiger partial charge in [-0.1, -0.05) is 6.92 Å². The summed E-state index contributed by atoms with van der Waals surface area (Å²) in [6.07, 6.45) is 4.72.